The second kappa shape index (κ2) is 5.40. The molecule has 1 atom stereocenters. The van der Waals surface area contributed by atoms with Crippen LogP contribution in [0.3, 0.4) is 0 Å². The third-order valence-electron chi connectivity index (χ3n) is 2.51. The summed E-state index contributed by atoms with van der Waals surface area (Å²) in [6.07, 6.45) is -5.68. The van der Waals surface area contributed by atoms with Gasteiger partial charge in [-0.1, -0.05) is 30.3 Å². The van der Waals surface area contributed by atoms with E-state index in [0.717, 1.165) is 0 Å². The summed E-state index contributed by atoms with van der Waals surface area (Å²) >= 11 is 0. The van der Waals surface area contributed by atoms with Crippen molar-refractivity contribution in [1.29, 1.82) is 0 Å². The molecule has 0 aliphatic carbocycles. The Hall–Kier alpha value is -1.23. The molecule has 0 saturated heterocycles. The van der Waals surface area contributed by atoms with Gasteiger partial charge in [0.25, 0.3) is 0 Å². The minimum absolute atomic E-state index is 0. The number of nitrogens with two attached hydrogens (primary N) is 1. The van der Waals surface area contributed by atoms with Crippen LogP contribution in [0.1, 0.15) is 18.9 Å². The van der Waals surface area contributed by atoms with Gasteiger partial charge in [0.05, 0.1) is 11.8 Å². The van der Waals surface area contributed by atoms with E-state index in [1.807, 2.05) is 0 Å². The molecule has 0 heterocycles. The van der Waals surface area contributed by atoms with Crippen molar-refractivity contribution in [2.24, 2.45) is 5.73 Å². The van der Waals surface area contributed by atoms with Crippen LogP contribution in [-0.4, -0.2) is 12.1 Å². The van der Waals surface area contributed by atoms with Crippen molar-refractivity contribution in [3.8, 4) is 0 Å². The number of rotatable bonds is 3. The van der Waals surface area contributed by atoms with Crippen LogP contribution >= 0.6 is 12.4 Å². The topological polar surface area (TPSA) is 43.1 Å². The van der Waals surface area contributed by atoms with Gasteiger partial charge >= 0.3 is 6.18 Å². The van der Waals surface area contributed by atoms with Crippen LogP contribution in [0.25, 0.3) is 0 Å². The van der Waals surface area contributed by atoms with Crippen LogP contribution in [0.4, 0.5) is 13.2 Å². The summed E-state index contributed by atoms with van der Waals surface area (Å²) in [5.41, 5.74) is 3.64. The zero-order chi connectivity index (χ0) is 12.4. The van der Waals surface area contributed by atoms with Crippen molar-refractivity contribution in [2.75, 3.05) is 0 Å². The van der Waals surface area contributed by atoms with Gasteiger partial charge in [-0.15, -0.1) is 12.4 Å². The van der Waals surface area contributed by atoms with Gasteiger partial charge in [0.15, 0.2) is 0 Å². The molecule has 2 N–H and O–H groups in total. The quantitative estimate of drug-likeness (QED) is 0.899. The largest absolute Gasteiger partial charge is 0.390 e. The Balaban J connectivity index is 0.00000256. The van der Waals surface area contributed by atoms with E-state index in [9.17, 15) is 18.0 Å². The van der Waals surface area contributed by atoms with Crippen molar-refractivity contribution in [3.63, 3.8) is 0 Å². The fraction of sp³-hybridized carbons (Fsp3) is 0.364. The second-order valence-corrected chi connectivity index (χ2v) is 3.85. The Morgan fingerprint density at radius 3 is 2.06 bits per heavy atom. The number of carbonyl (C=O) groups is 1. The SMILES string of the molecule is CC(CC(F)(F)F)(C(N)=O)c1ccccc1.Cl. The van der Waals surface area contributed by atoms with E-state index < -0.39 is 23.9 Å². The van der Waals surface area contributed by atoms with Crippen molar-refractivity contribution in [1.82, 2.24) is 0 Å². The molecule has 1 unspecified atom stereocenters. The van der Waals surface area contributed by atoms with Crippen LogP contribution in [0.15, 0.2) is 30.3 Å². The van der Waals surface area contributed by atoms with Crippen LogP contribution in [0, 0.1) is 0 Å². The monoisotopic (exact) mass is 267 g/mol. The van der Waals surface area contributed by atoms with Gasteiger partial charge in [0.2, 0.25) is 5.91 Å². The van der Waals surface area contributed by atoms with Crippen molar-refractivity contribution >= 4 is 18.3 Å². The number of amides is 1. The Bertz CT molecular complexity index is 380. The summed E-state index contributed by atoms with van der Waals surface area (Å²) in [6, 6.07) is 7.76. The Morgan fingerprint density at radius 2 is 1.71 bits per heavy atom. The van der Waals surface area contributed by atoms with E-state index in [0.29, 0.717) is 0 Å². The molecule has 0 aliphatic heterocycles. The van der Waals surface area contributed by atoms with E-state index in [1.165, 1.54) is 19.1 Å². The first-order valence-corrected chi connectivity index (χ1v) is 4.68. The number of hydrogen-bond acceptors (Lipinski definition) is 1. The standard InChI is InChI=1S/C11H12F3NO.ClH/c1-10(9(15)16,7-11(12,13)14)8-5-3-2-4-6-8;/h2-6H,7H2,1H3,(H2,15,16);1H. The number of hydrogen-bond donors (Lipinski definition) is 1. The van der Waals surface area contributed by atoms with Gasteiger partial charge in [0.1, 0.15) is 0 Å². The van der Waals surface area contributed by atoms with Crippen LogP contribution < -0.4 is 5.73 Å². The van der Waals surface area contributed by atoms with Gasteiger partial charge in [-0.25, -0.2) is 0 Å². The lowest BCUT2D eigenvalue weighted by atomic mass is 9.78. The first kappa shape index (κ1) is 15.8. The highest BCUT2D eigenvalue weighted by Gasteiger charge is 2.44. The van der Waals surface area contributed by atoms with Gasteiger partial charge in [-0.05, 0) is 12.5 Å². The molecule has 0 aliphatic rings. The Labute approximate surface area is 103 Å². The van der Waals surface area contributed by atoms with Crippen LogP contribution in [0.2, 0.25) is 0 Å². The number of carbonyl (C=O) groups excluding carboxylic acids is 1. The zero-order valence-corrected chi connectivity index (χ0v) is 9.94. The summed E-state index contributed by atoms with van der Waals surface area (Å²) in [5.74, 6) is -0.976. The van der Waals surface area contributed by atoms with Gasteiger partial charge < -0.3 is 5.73 Å². The normalized spacial score (nSPS) is 14.6. The molecule has 0 radical (unpaired) electrons. The number of benzene rings is 1. The molecule has 0 saturated carbocycles. The first-order chi connectivity index (χ1) is 7.26. The van der Waals surface area contributed by atoms with Gasteiger partial charge in [0, 0.05) is 0 Å². The predicted molar refractivity (Wildman–Crippen MR) is 60.9 cm³/mol. The lowest BCUT2D eigenvalue weighted by Gasteiger charge is -2.27. The second-order valence-electron chi connectivity index (χ2n) is 3.85. The average molecular weight is 268 g/mol. The molecule has 1 aromatic rings. The van der Waals surface area contributed by atoms with E-state index in [4.69, 9.17) is 5.73 Å². The van der Waals surface area contributed by atoms with Gasteiger partial charge in [-0.2, -0.15) is 13.2 Å². The predicted octanol–water partition coefficient (Wildman–Crippen LogP) is 2.80. The Morgan fingerprint density at radius 1 is 1.24 bits per heavy atom. The molecule has 1 aromatic carbocycles. The fourth-order valence-corrected chi connectivity index (χ4v) is 1.54. The summed E-state index contributed by atoms with van der Waals surface area (Å²) in [4.78, 5) is 11.2. The average Bonchev–Trinajstić information content (AvgIpc) is 2.16. The molecule has 96 valence electrons. The third-order valence-corrected chi connectivity index (χ3v) is 2.51. The molecule has 1 rings (SSSR count). The first-order valence-electron chi connectivity index (χ1n) is 4.68. The lowest BCUT2D eigenvalue weighted by molar-refractivity contribution is -0.155. The summed E-state index contributed by atoms with van der Waals surface area (Å²) in [6.45, 7) is 1.21. The molecule has 0 spiro atoms. The third kappa shape index (κ3) is 3.93. The molecule has 6 heteroatoms. The highest BCUT2D eigenvalue weighted by Crippen LogP contribution is 2.36. The van der Waals surface area contributed by atoms with Crippen LogP contribution in [0.5, 0.6) is 0 Å². The molecule has 0 aromatic heterocycles. The summed E-state index contributed by atoms with van der Waals surface area (Å²) in [7, 11) is 0. The summed E-state index contributed by atoms with van der Waals surface area (Å²) in [5, 5.41) is 0. The number of halogens is 4. The minimum atomic E-state index is -4.43. The van der Waals surface area contributed by atoms with Crippen molar-refractivity contribution in [3.05, 3.63) is 35.9 Å². The van der Waals surface area contributed by atoms with Crippen molar-refractivity contribution < 1.29 is 18.0 Å². The highest BCUT2D eigenvalue weighted by atomic mass is 35.5. The smallest absolute Gasteiger partial charge is 0.369 e. The molecule has 1 amide bonds. The lowest BCUT2D eigenvalue weighted by Crippen LogP contribution is -2.42. The Kier molecular flexibility index (Phi) is 5.01. The maximum Gasteiger partial charge on any atom is 0.390 e. The van der Waals surface area contributed by atoms with Gasteiger partial charge in [-0.3, -0.25) is 4.79 Å². The molecular formula is C11H13ClF3NO. The molecule has 17 heavy (non-hydrogen) atoms. The van der Waals surface area contributed by atoms with E-state index in [1.54, 1.807) is 18.2 Å². The number of alkyl halides is 3. The van der Waals surface area contributed by atoms with E-state index >= 15 is 0 Å². The van der Waals surface area contributed by atoms with E-state index in [-0.39, 0.29) is 18.0 Å². The minimum Gasteiger partial charge on any atom is -0.369 e. The molecular weight excluding hydrogens is 255 g/mol. The molecule has 0 bridgehead atoms. The van der Waals surface area contributed by atoms with Crippen molar-refractivity contribution in [2.45, 2.75) is 24.9 Å². The van der Waals surface area contributed by atoms with E-state index in [2.05, 4.69) is 0 Å². The maximum absolute atomic E-state index is 12.4. The fourth-order valence-electron chi connectivity index (χ4n) is 1.54. The maximum atomic E-state index is 12.4. The van der Waals surface area contributed by atoms with Crippen LogP contribution in [-0.2, 0) is 10.2 Å². The molecule has 2 nitrogen and oxygen atoms in total. The summed E-state index contributed by atoms with van der Waals surface area (Å²) < 4.78 is 37.2. The highest BCUT2D eigenvalue weighted by molar-refractivity contribution is 5.86. The molecule has 0 fully saturated rings. The zero-order valence-electron chi connectivity index (χ0n) is 9.12. The number of primary amides is 1.